The second-order valence-electron chi connectivity index (χ2n) is 3.18. The van der Waals surface area contributed by atoms with Crippen molar-refractivity contribution in [1.82, 2.24) is 10.2 Å². The zero-order valence-corrected chi connectivity index (χ0v) is 9.14. The average molecular weight is 248 g/mol. The molecule has 0 aliphatic heterocycles. The number of carbonyl (C=O) groups excluding carboxylic acids is 1. The van der Waals surface area contributed by atoms with Gasteiger partial charge < -0.3 is 5.32 Å². The van der Waals surface area contributed by atoms with Crippen molar-refractivity contribution < 1.29 is 13.2 Å². The van der Waals surface area contributed by atoms with Gasteiger partial charge in [0.05, 0.1) is 0 Å². The predicted molar refractivity (Wildman–Crippen MR) is 52.6 cm³/mol. The first kappa shape index (κ1) is 10.5. The zero-order valence-electron chi connectivity index (χ0n) is 7.50. The van der Waals surface area contributed by atoms with Crippen LogP contribution < -0.4 is 10.5 Å². The first-order valence-electron chi connectivity index (χ1n) is 4.14. The molecule has 1 heterocycles. The lowest BCUT2D eigenvalue weighted by atomic mass is 10.4. The molecule has 0 unspecified atom stereocenters. The van der Waals surface area contributed by atoms with Crippen molar-refractivity contribution in [3.8, 4) is 0 Å². The molecule has 1 saturated carbocycles. The Hall–Kier alpha value is -1.06. The second kappa shape index (κ2) is 3.51. The summed E-state index contributed by atoms with van der Waals surface area (Å²) in [6.07, 6.45) is 1.74. The lowest BCUT2D eigenvalue weighted by molar-refractivity contribution is -0.117. The number of sulfonamides is 1. The average Bonchev–Trinajstić information content (AvgIpc) is 2.86. The van der Waals surface area contributed by atoms with Crippen molar-refractivity contribution in [2.24, 2.45) is 11.1 Å². The molecule has 1 aromatic rings. The summed E-state index contributed by atoms with van der Waals surface area (Å²) >= 11 is 0.746. The smallest absolute Gasteiger partial charge is 0.267 e. The highest BCUT2D eigenvalue weighted by Gasteiger charge is 2.30. The highest BCUT2D eigenvalue weighted by molar-refractivity contribution is 7.91. The number of hydrogen-bond donors (Lipinski definition) is 2. The van der Waals surface area contributed by atoms with Crippen LogP contribution in [-0.2, 0) is 14.8 Å². The van der Waals surface area contributed by atoms with Crippen LogP contribution in [0.25, 0.3) is 0 Å². The first-order valence-corrected chi connectivity index (χ1v) is 6.50. The van der Waals surface area contributed by atoms with E-state index in [4.69, 9.17) is 5.14 Å². The third kappa shape index (κ3) is 2.49. The van der Waals surface area contributed by atoms with Crippen LogP contribution in [0.2, 0.25) is 0 Å². The van der Waals surface area contributed by atoms with Crippen LogP contribution in [0.15, 0.2) is 4.34 Å². The van der Waals surface area contributed by atoms with E-state index in [1.54, 1.807) is 0 Å². The Morgan fingerprint density at radius 1 is 1.47 bits per heavy atom. The summed E-state index contributed by atoms with van der Waals surface area (Å²) in [5.74, 6) is -0.112. The summed E-state index contributed by atoms with van der Waals surface area (Å²) in [4.78, 5) is 11.3. The number of amides is 1. The number of rotatable bonds is 3. The van der Waals surface area contributed by atoms with Gasteiger partial charge in [-0.3, -0.25) is 4.79 Å². The fraction of sp³-hybridized carbons (Fsp3) is 0.500. The number of hydrogen-bond acceptors (Lipinski definition) is 6. The number of nitrogens with one attached hydrogen (secondary N) is 1. The Balaban J connectivity index is 2.10. The molecule has 1 aromatic heterocycles. The van der Waals surface area contributed by atoms with Crippen molar-refractivity contribution in [1.29, 1.82) is 0 Å². The van der Waals surface area contributed by atoms with E-state index in [0.717, 1.165) is 24.2 Å². The van der Waals surface area contributed by atoms with E-state index in [0.29, 0.717) is 0 Å². The Morgan fingerprint density at radius 3 is 2.60 bits per heavy atom. The minimum atomic E-state index is -3.83. The number of carbonyl (C=O) groups is 1. The van der Waals surface area contributed by atoms with Crippen LogP contribution in [0.1, 0.15) is 12.8 Å². The SMILES string of the molecule is NS(=O)(=O)c1nnc(NC(=O)C2CC2)s1. The molecule has 3 N–H and O–H groups in total. The van der Waals surface area contributed by atoms with Gasteiger partial charge in [-0.25, -0.2) is 13.6 Å². The summed E-state index contributed by atoms with van der Waals surface area (Å²) < 4.78 is 21.4. The highest BCUT2D eigenvalue weighted by atomic mass is 32.2. The molecule has 1 aliphatic carbocycles. The van der Waals surface area contributed by atoms with Gasteiger partial charge in [-0.2, -0.15) is 0 Å². The zero-order chi connectivity index (χ0) is 11.1. The third-order valence-electron chi connectivity index (χ3n) is 1.83. The molecule has 1 aliphatic rings. The van der Waals surface area contributed by atoms with E-state index >= 15 is 0 Å². The summed E-state index contributed by atoms with van der Waals surface area (Å²) in [6, 6.07) is 0. The van der Waals surface area contributed by atoms with Crippen LogP contribution in [0, 0.1) is 5.92 Å². The van der Waals surface area contributed by atoms with E-state index in [9.17, 15) is 13.2 Å². The van der Waals surface area contributed by atoms with E-state index in [1.165, 1.54) is 0 Å². The Labute approximate surface area is 89.7 Å². The van der Waals surface area contributed by atoms with Gasteiger partial charge >= 0.3 is 0 Å². The molecule has 1 fully saturated rings. The second-order valence-corrected chi connectivity index (χ2v) is 5.89. The molecule has 0 bridgehead atoms. The molecule has 0 spiro atoms. The van der Waals surface area contributed by atoms with Crippen molar-refractivity contribution in [3.05, 3.63) is 0 Å². The summed E-state index contributed by atoms with van der Waals surface area (Å²) in [7, 11) is -3.83. The fourth-order valence-corrected chi connectivity index (χ4v) is 2.26. The molecule has 0 aromatic carbocycles. The lowest BCUT2D eigenvalue weighted by Gasteiger charge is -1.95. The minimum Gasteiger partial charge on any atom is -0.300 e. The third-order valence-corrected chi connectivity index (χ3v) is 3.98. The maximum atomic E-state index is 11.3. The van der Waals surface area contributed by atoms with Crippen molar-refractivity contribution in [2.75, 3.05) is 5.32 Å². The molecule has 9 heteroatoms. The monoisotopic (exact) mass is 248 g/mol. The molecule has 0 radical (unpaired) electrons. The van der Waals surface area contributed by atoms with E-state index in [-0.39, 0.29) is 21.3 Å². The van der Waals surface area contributed by atoms with Gasteiger partial charge in [-0.05, 0) is 12.8 Å². The summed E-state index contributed by atoms with van der Waals surface area (Å²) in [5.41, 5.74) is 0. The van der Waals surface area contributed by atoms with Gasteiger partial charge in [-0.1, -0.05) is 11.3 Å². The van der Waals surface area contributed by atoms with Gasteiger partial charge in [0.2, 0.25) is 15.4 Å². The van der Waals surface area contributed by atoms with Gasteiger partial charge in [-0.15, -0.1) is 10.2 Å². The van der Waals surface area contributed by atoms with Crippen LogP contribution >= 0.6 is 11.3 Å². The lowest BCUT2D eigenvalue weighted by Crippen LogP contribution is -2.12. The standard InChI is InChI=1S/C6H8N4O3S2/c7-15(12,13)6-10-9-5(14-6)8-4(11)3-1-2-3/h3H,1-2H2,(H2,7,12,13)(H,8,9,11). The number of nitrogens with two attached hydrogens (primary N) is 1. The quantitative estimate of drug-likeness (QED) is 0.702. The molecule has 2 rings (SSSR count). The molecular weight excluding hydrogens is 240 g/mol. The molecule has 0 saturated heterocycles. The molecule has 1 amide bonds. The maximum Gasteiger partial charge on any atom is 0.267 e. The van der Waals surface area contributed by atoms with Gasteiger partial charge in [0.15, 0.2) is 0 Å². The topological polar surface area (TPSA) is 115 Å². The van der Waals surface area contributed by atoms with Gasteiger partial charge in [0, 0.05) is 5.92 Å². The van der Waals surface area contributed by atoms with Crippen molar-refractivity contribution >= 4 is 32.4 Å². The number of anilines is 1. The summed E-state index contributed by atoms with van der Waals surface area (Å²) in [6.45, 7) is 0. The van der Waals surface area contributed by atoms with E-state index in [2.05, 4.69) is 15.5 Å². The number of aromatic nitrogens is 2. The van der Waals surface area contributed by atoms with Gasteiger partial charge in [0.25, 0.3) is 10.0 Å². The van der Waals surface area contributed by atoms with Gasteiger partial charge in [0.1, 0.15) is 0 Å². The van der Waals surface area contributed by atoms with Crippen molar-refractivity contribution in [3.63, 3.8) is 0 Å². The Bertz CT molecular complexity index is 490. The van der Waals surface area contributed by atoms with E-state index in [1.807, 2.05) is 0 Å². The highest BCUT2D eigenvalue weighted by Crippen LogP contribution is 2.30. The Morgan fingerprint density at radius 2 is 2.13 bits per heavy atom. The fourth-order valence-electron chi connectivity index (χ4n) is 0.928. The Kier molecular flexibility index (Phi) is 2.44. The normalized spacial score (nSPS) is 16.3. The molecule has 7 nitrogen and oxygen atoms in total. The van der Waals surface area contributed by atoms with Crippen LogP contribution in [0.5, 0.6) is 0 Å². The van der Waals surface area contributed by atoms with Crippen LogP contribution in [0.4, 0.5) is 5.13 Å². The molecule has 82 valence electrons. The van der Waals surface area contributed by atoms with Crippen LogP contribution in [0.3, 0.4) is 0 Å². The predicted octanol–water partition coefficient (Wildman–Crippen LogP) is -0.466. The first-order chi connectivity index (χ1) is 6.97. The molecule has 15 heavy (non-hydrogen) atoms. The van der Waals surface area contributed by atoms with Crippen LogP contribution in [-0.4, -0.2) is 24.5 Å². The summed E-state index contributed by atoms with van der Waals surface area (Å²) in [5, 5.41) is 14.4. The molecular formula is C6H8N4O3S2. The molecule has 0 atom stereocenters. The largest absolute Gasteiger partial charge is 0.300 e. The minimum absolute atomic E-state index is 0.0341. The maximum absolute atomic E-state index is 11.3. The number of nitrogens with zero attached hydrogens (tertiary/aromatic N) is 2. The van der Waals surface area contributed by atoms with Crippen molar-refractivity contribution in [2.45, 2.75) is 17.2 Å². The number of primary sulfonamides is 1. The van der Waals surface area contributed by atoms with E-state index < -0.39 is 10.0 Å².